The lowest BCUT2D eigenvalue weighted by Crippen LogP contribution is -2.47. The summed E-state index contributed by atoms with van der Waals surface area (Å²) in [6, 6.07) is -1.12. The largest absolute Gasteiger partial charge is 0.480 e. The van der Waals surface area contributed by atoms with Crippen molar-refractivity contribution in [2.45, 2.75) is 18.5 Å². The number of hydrogen-bond acceptors (Lipinski definition) is 5. The van der Waals surface area contributed by atoms with Gasteiger partial charge in [-0.1, -0.05) is 0 Å². The summed E-state index contributed by atoms with van der Waals surface area (Å²) >= 11 is 1.77. The van der Waals surface area contributed by atoms with Crippen LogP contribution in [0.15, 0.2) is 0 Å². The highest BCUT2D eigenvalue weighted by Gasteiger charge is 2.21. The van der Waals surface area contributed by atoms with Crippen molar-refractivity contribution >= 4 is 23.6 Å². The van der Waals surface area contributed by atoms with E-state index in [1.165, 1.54) is 0 Å². The minimum absolute atomic E-state index is 0.0897. The van der Waals surface area contributed by atoms with Gasteiger partial charge in [0.15, 0.2) is 0 Å². The first-order valence-corrected chi connectivity index (χ1v) is 6.23. The van der Waals surface area contributed by atoms with E-state index < -0.39 is 18.6 Å². The Morgan fingerprint density at radius 2 is 2.31 bits per heavy atom. The fraction of sp³-hybridized carbons (Fsp3) is 0.778. The molecule has 0 aliphatic carbocycles. The van der Waals surface area contributed by atoms with Gasteiger partial charge in [0.2, 0.25) is 5.91 Å². The van der Waals surface area contributed by atoms with Gasteiger partial charge in [0, 0.05) is 30.5 Å². The molecule has 0 aromatic rings. The van der Waals surface area contributed by atoms with E-state index in [4.69, 9.17) is 10.2 Å². The molecule has 0 saturated carbocycles. The Morgan fingerprint density at radius 3 is 2.81 bits per heavy atom. The van der Waals surface area contributed by atoms with E-state index in [2.05, 4.69) is 10.6 Å². The monoisotopic (exact) mass is 248 g/mol. The topological polar surface area (TPSA) is 98.7 Å². The molecule has 1 unspecified atom stereocenters. The Hall–Kier alpha value is -0.790. The van der Waals surface area contributed by atoms with Gasteiger partial charge in [-0.05, 0) is 0 Å². The molecule has 0 bridgehead atoms. The second-order valence-corrected chi connectivity index (χ2v) is 4.72. The van der Waals surface area contributed by atoms with Crippen molar-refractivity contribution in [3.05, 3.63) is 0 Å². The van der Waals surface area contributed by atoms with Crippen molar-refractivity contribution in [2.75, 3.05) is 24.7 Å². The van der Waals surface area contributed by atoms with Crippen LogP contribution in [0.3, 0.4) is 0 Å². The van der Waals surface area contributed by atoms with Crippen molar-refractivity contribution in [3.8, 4) is 0 Å². The van der Waals surface area contributed by atoms with E-state index in [9.17, 15) is 9.59 Å². The zero-order valence-electron chi connectivity index (χ0n) is 8.81. The number of nitrogens with one attached hydrogen (secondary N) is 2. The van der Waals surface area contributed by atoms with Crippen LogP contribution in [0.5, 0.6) is 0 Å². The van der Waals surface area contributed by atoms with Gasteiger partial charge in [-0.3, -0.25) is 4.79 Å². The molecule has 0 radical (unpaired) electrons. The van der Waals surface area contributed by atoms with Gasteiger partial charge in [-0.2, -0.15) is 11.8 Å². The Balaban J connectivity index is 2.31. The molecule has 0 aromatic heterocycles. The molecule has 4 N–H and O–H groups in total. The molecule has 7 heteroatoms. The van der Waals surface area contributed by atoms with Crippen LogP contribution in [0.1, 0.15) is 6.42 Å². The van der Waals surface area contributed by atoms with Gasteiger partial charge in [0.05, 0.1) is 6.61 Å². The van der Waals surface area contributed by atoms with Crippen molar-refractivity contribution in [1.29, 1.82) is 0 Å². The number of rotatable bonds is 5. The third kappa shape index (κ3) is 4.38. The fourth-order valence-corrected chi connectivity index (χ4v) is 2.36. The molecular weight excluding hydrogens is 232 g/mol. The van der Waals surface area contributed by atoms with Gasteiger partial charge < -0.3 is 20.8 Å². The number of amides is 1. The van der Waals surface area contributed by atoms with Gasteiger partial charge in [0.1, 0.15) is 6.04 Å². The highest BCUT2D eigenvalue weighted by Crippen LogP contribution is 2.09. The molecule has 0 aromatic carbocycles. The third-order valence-electron chi connectivity index (χ3n) is 2.25. The van der Waals surface area contributed by atoms with Crippen molar-refractivity contribution in [3.63, 3.8) is 0 Å². The second kappa shape index (κ2) is 6.72. The summed E-state index contributed by atoms with van der Waals surface area (Å²) in [6.07, 6.45) is 0.247. The summed E-state index contributed by atoms with van der Waals surface area (Å²) in [7, 11) is 0. The number of carbonyl (C=O) groups is 2. The minimum atomic E-state index is -1.22. The minimum Gasteiger partial charge on any atom is -0.480 e. The fourth-order valence-electron chi connectivity index (χ4n) is 1.41. The van der Waals surface area contributed by atoms with E-state index in [1.807, 2.05) is 0 Å². The summed E-state index contributed by atoms with van der Waals surface area (Å²) in [5, 5.41) is 22.8. The number of thioether (sulfide) groups is 1. The van der Waals surface area contributed by atoms with Crippen LogP contribution in [0.4, 0.5) is 0 Å². The smallest absolute Gasteiger partial charge is 0.328 e. The predicted octanol–water partition coefficient (Wildman–Crippen LogP) is -1.36. The molecule has 1 rings (SSSR count). The number of carboxylic acid groups (broad SMARTS) is 1. The molecule has 1 aliphatic rings. The quantitative estimate of drug-likeness (QED) is 0.480. The highest BCUT2D eigenvalue weighted by molar-refractivity contribution is 7.99. The first kappa shape index (κ1) is 13.3. The Bertz CT molecular complexity index is 256. The number of hydrogen-bond donors (Lipinski definition) is 4. The number of aliphatic carboxylic acids is 1. The molecule has 6 nitrogen and oxygen atoms in total. The van der Waals surface area contributed by atoms with Crippen LogP contribution in [-0.4, -0.2) is 58.8 Å². The van der Waals surface area contributed by atoms with Gasteiger partial charge in [0.25, 0.3) is 0 Å². The number of carbonyl (C=O) groups excluding carboxylic acids is 1. The summed E-state index contributed by atoms with van der Waals surface area (Å²) in [5.41, 5.74) is 0. The maximum Gasteiger partial charge on any atom is 0.328 e. The molecule has 1 saturated heterocycles. The lowest BCUT2D eigenvalue weighted by atomic mass is 10.2. The Kier molecular flexibility index (Phi) is 5.58. The molecule has 1 fully saturated rings. The van der Waals surface area contributed by atoms with Gasteiger partial charge in [-0.15, -0.1) is 0 Å². The summed E-state index contributed by atoms with van der Waals surface area (Å²) in [4.78, 5) is 22.0. The second-order valence-electron chi connectivity index (χ2n) is 3.57. The normalized spacial score (nSPS) is 22.4. The van der Waals surface area contributed by atoms with E-state index in [-0.39, 0.29) is 18.4 Å². The number of aliphatic hydroxyl groups is 1. The zero-order valence-corrected chi connectivity index (χ0v) is 9.63. The molecule has 92 valence electrons. The number of aliphatic hydroxyl groups excluding tert-OH is 1. The van der Waals surface area contributed by atoms with E-state index in [0.717, 1.165) is 18.1 Å². The van der Waals surface area contributed by atoms with Gasteiger partial charge >= 0.3 is 5.97 Å². The van der Waals surface area contributed by atoms with Crippen LogP contribution >= 0.6 is 11.8 Å². The first-order chi connectivity index (χ1) is 7.63. The average Bonchev–Trinajstić information content (AvgIpc) is 2.27. The Morgan fingerprint density at radius 1 is 1.56 bits per heavy atom. The van der Waals surface area contributed by atoms with Crippen LogP contribution < -0.4 is 10.6 Å². The van der Waals surface area contributed by atoms with Crippen LogP contribution in [-0.2, 0) is 9.59 Å². The summed E-state index contributed by atoms with van der Waals surface area (Å²) in [5.74, 6) is 0.319. The SMILES string of the molecule is O=C(CC1CSCCN1)N[C@H](CO)C(=O)O. The van der Waals surface area contributed by atoms with Crippen LogP contribution in [0.25, 0.3) is 0 Å². The van der Waals surface area contributed by atoms with Crippen LogP contribution in [0.2, 0.25) is 0 Å². The van der Waals surface area contributed by atoms with Crippen molar-refractivity contribution in [1.82, 2.24) is 10.6 Å². The van der Waals surface area contributed by atoms with E-state index >= 15 is 0 Å². The molecular formula is C9H16N2O4S. The molecule has 0 spiro atoms. The molecule has 1 amide bonds. The van der Waals surface area contributed by atoms with Gasteiger partial charge in [-0.25, -0.2) is 4.79 Å². The third-order valence-corrected chi connectivity index (χ3v) is 3.38. The maximum atomic E-state index is 11.5. The molecule has 1 aliphatic heterocycles. The standard InChI is InChI=1S/C9H16N2O4S/c12-4-7(9(14)15)11-8(13)3-6-5-16-2-1-10-6/h6-7,10,12H,1-5H2,(H,11,13)(H,14,15)/t6?,7-/m1/s1. The van der Waals surface area contributed by atoms with E-state index in [0.29, 0.717) is 0 Å². The van der Waals surface area contributed by atoms with Crippen molar-refractivity contribution < 1.29 is 19.8 Å². The summed E-state index contributed by atoms with van der Waals surface area (Å²) in [6.45, 7) is 0.277. The first-order valence-electron chi connectivity index (χ1n) is 5.07. The highest BCUT2D eigenvalue weighted by atomic mass is 32.2. The predicted molar refractivity (Wildman–Crippen MR) is 60.4 cm³/mol. The number of carboxylic acids is 1. The Labute approximate surface area is 97.8 Å². The van der Waals surface area contributed by atoms with Crippen molar-refractivity contribution in [2.24, 2.45) is 0 Å². The lowest BCUT2D eigenvalue weighted by molar-refractivity contribution is -0.143. The lowest BCUT2D eigenvalue weighted by Gasteiger charge is -2.23. The average molecular weight is 248 g/mol. The van der Waals surface area contributed by atoms with E-state index in [1.54, 1.807) is 11.8 Å². The molecule has 2 atom stereocenters. The maximum absolute atomic E-state index is 11.5. The molecule has 1 heterocycles. The van der Waals surface area contributed by atoms with Crippen LogP contribution in [0, 0.1) is 0 Å². The summed E-state index contributed by atoms with van der Waals surface area (Å²) < 4.78 is 0. The molecule has 16 heavy (non-hydrogen) atoms. The zero-order chi connectivity index (χ0) is 12.0.